The Morgan fingerprint density at radius 2 is 2.00 bits per heavy atom. The van der Waals surface area contributed by atoms with Gasteiger partial charge in [-0.3, -0.25) is 4.79 Å². The van der Waals surface area contributed by atoms with Crippen molar-refractivity contribution >= 4 is 5.97 Å². The number of unbranched alkanes of at least 4 members (excludes halogenated alkanes) is 1. The van der Waals surface area contributed by atoms with Gasteiger partial charge < -0.3 is 15.0 Å². The number of carbonyl (C=O) groups is 1. The Labute approximate surface area is 125 Å². The average molecular weight is 286 g/mol. The molecule has 2 unspecified atom stereocenters. The highest BCUT2D eigenvalue weighted by atomic mass is 16.5. The molecule has 0 aromatic carbocycles. The van der Waals surface area contributed by atoms with Gasteiger partial charge in [-0.25, -0.2) is 0 Å². The number of nitrogens with zero attached hydrogens (tertiary/aromatic N) is 1. The number of hydrogen-bond acceptors (Lipinski definition) is 4. The van der Waals surface area contributed by atoms with Crippen molar-refractivity contribution in [2.75, 3.05) is 20.1 Å². The first-order chi connectivity index (χ1) is 9.52. The van der Waals surface area contributed by atoms with Crippen LogP contribution in [-0.4, -0.2) is 49.2 Å². The highest BCUT2D eigenvalue weighted by Gasteiger charge is 2.30. The number of carbonyl (C=O) groups excluding carboxylic acids is 1. The van der Waals surface area contributed by atoms with Crippen LogP contribution in [0, 0.1) is 0 Å². The van der Waals surface area contributed by atoms with Crippen LogP contribution in [0.1, 0.15) is 60.3 Å². The zero-order chi connectivity index (χ0) is 15.5. The van der Waals surface area contributed by atoms with Crippen LogP contribution in [0.3, 0.4) is 0 Å². The molecule has 1 aliphatic rings. The van der Waals surface area contributed by atoms with E-state index in [9.17, 15) is 4.79 Å². The van der Waals surface area contributed by atoms with Gasteiger partial charge in [-0.2, -0.15) is 0 Å². The minimum absolute atomic E-state index is 0.0226. The summed E-state index contributed by atoms with van der Waals surface area (Å²) in [7, 11) is 2.15. The van der Waals surface area contributed by atoms with E-state index in [4.69, 9.17) is 4.74 Å². The fourth-order valence-corrected chi connectivity index (χ4v) is 2.36. The Balaban J connectivity index is 0.00000172. The third kappa shape index (κ3) is 7.85. The van der Waals surface area contributed by atoms with Crippen molar-refractivity contribution in [2.24, 2.45) is 0 Å². The Morgan fingerprint density at radius 3 is 2.55 bits per heavy atom. The molecule has 1 rings (SSSR count). The zero-order valence-corrected chi connectivity index (χ0v) is 14.2. The first-order valence-electron chi connectivity index (χ1n) is 8.18. The van der Waals surface area contributed by atoms with Crippen LogP contribution in [0.5, 0.6) is 0 Å². The van der Waals surface area contributed by atoms with Crippen molar-refractivity contribution in [2.45, 2.75) is 78.5 Å². The van der Waals surface area contributed by atoms with Gasteiger partial charge in [0.25, 0.3) is 0 Å². The lowest BCUT2D eigenvalue weighted by atomic mass is 10.2. The summed E-state index contributed by atoms with van der Waals surface area (Å²) in [6.07, 6.45) is 4.41. The lowest BCUT2D eigenvalue weighted by Gasteiger charge is -2.21. The molecule has 0 amide bonds. The van der Waals surface area contributed by atoms with Crippen LogP contribution in [0.2, 0.25) is 0 Å². The van der Waals surface area contributed by atoms with Gasteiger partial charge in [0.15, 0.2) is 0 Å². The van der Waals surface area contributed by atoms with E-state index in [2.05, 4.69) is 24.2 Å². The predicted octanol–water partition coefficient (Wildman–Crippen LogP) is 2.82. The molecule has 0 radical (unpaired) electrons. The van der Waals surface area contributed by atoms with E-state index in [1.807, 2.05) is 27.7 Å². The van der Waals surface area contributed by atoms with E-state index >= 15 is 0 Å². The second-order valence-corrected chi connectivity index (χ2v) is 5.59. The van der Waals surface area contributed by atoms with Gasteiger partial charge in [0, 0.05) is 12.6 Å². The largest absolute Gasteiger partial charge is 0.462 e. The van der Waals surface area contributed by atoms with Crippen LogP contribution >= 0.6 is 0 Å². The number of likely N-dealkylation sites (N-methyl/N-ethyl adjacent to an activating group) is 1. The van der Waals surface area contributed by atoms with E-state index in [-0.39, 0.29) is 18.1 Å². The molecule has 1 saturated heterocycles. The summed E-state index contributed by atoms with van der Waals surface area (Å²) >= 11 is 0. The molecule has 1 N–H and O–H groups in total. The lowest BCUT2D eigenvalue weighted by Crippen LogP contribution is -2.42. The first-order valence-corrected chi connectivity index (χ1v) is 8.18. The van der Waals surface area contributed by atoms with Gasteiger partial charge >= 0.3 is 5.97 Å². The summed E-state index contributed by atoms with van der Waals surface area (Å²) in [5.74, 6) is -0.0938. The zero-order valence-electron chi connectivity index (χ0n) is 14.2. The molecule has 1 heterocycles. The van der Waals surface area contributed by atoms with Crippen molar-refractivity contribution in [3.05, 3.63) is 0 Å². The van der Waals surface area contributed by atoms with E-state index in [0.717, 1.165) is 25.9 Å². The average Bonchev–Trinajstić information content (AvgIpc) is 2.86. The number of esters is 1. The van der Waals surface area contributed by atoms with Gasteiger partial charge in [0.05, 0.1) is 6.10 Å². The summed E-state index contributed by atoms with van der Waals surface area (Å²) < 4.78 is 5.24. The molecular formula is C16H34N2O2. The summed E-state index contributed by atoms with van der Waals surface area (Å²) in [5, 5.41) is 3.39. The van der Waals surface area contributed by atoms with Crippen LogP contribution < -0.4 is 5.32 Å². The molecule has 0 spiro atoms. The van der Waals surface area contributed by atoms with Crippen molar-refractivity contribution < 1.29 is 9.53 Å². The van der Waals surface area contributed by atoms with Crippen molar-refractivity contribution in [3.8, 4) is 0 Å². The molecule has 0 aromatic heterocycles. The third-order valence-electron chi connectivity index (χ3n) is 3.30. The van der Waals surface area contributed by atoms with Gasteiger partial charge in [-0.15, -0.1) is 0 Å². The van der Waals surface area contributed by atoms with Crippen molar-refractivity contribution in [3.63, 3.8) is 0 Å². The maximum Gasteiger partial charge on any atom is 0.323 e. The quantitative estimate of drug-likeness (QED) is 0.731. The second-order valence-electron chi connectivity index (χ2n) is 5.59. The first kappa shape index (κ1) is 19.4. The Morgan fingerprint density at radius 1 is 1.35 bits per heavy atom. The number of hydrogen-bond donors (Lipinski definition) is 1. The van der Waals surface area contributed by atoms with Crippen LogP contribution in [0.15, 0.2) is 0 Å². The highest BCUT2D eigenvalue weighted by molar-refractivity contribution is 5.76. The van der Waals surface area contributed by atoms with Crippen LogP contribution in [0.4, 0.5) is 0 Å². The normalized spacial score (nSPS) is 21.8. The number of ether oxygens (including phenoxy) is 1. The third-order valence-corrected chi connectivity index (χ3v) is 3.30. The molecule has 0 aliphatic carbocycles. The topological polar surface area (TPSA) is 41.6 Å². The van der Waals surface area contributed by atoms with Crippen LogP contribution in [0.25, 0.3) is 0 Å². The lowest BCUT2D eigenvalue weighted by molar-refractivity contribution is -0.149. The fourth-order valence-electron chi connectivity index (χ4n) is 2.36. The minimum Gasteiger partial charge on any atom is -0.462 e. The summed E-state index contributed by atoms with van der Waals surface area (Å²) in [6, 6.07) is 0.327. The molecule has 0 saturated carbocycles. The molecule has 120 valence electrons. The molecule has 1 aliphatic heterocycles. The van der Waals surface area contributed by atoms with Gasteiger partial charge in [-0.05, 0) is 46.7 Å². The van der Waals surface area contributed by atoms with E-state index in [1.165, 1.54) is 12.8 Å². The van der Waals surface area contributed by atoms with E-state index < -0.39 is 0 Å². The monoisotopic (exact) mass is 286 g/mol. The fraction of sp³-hybridized carbons (Fsp3) is 0.938. The van der Waals surface area contributed by atoms with E-state index in [0.29, 0.717) is 6.04 Å². The molecule has 1 fully saturated rings. The Kier molecular flexibility index (Phi) is 10.8. The van der Waals surface area contributed by atoms with Gasteiger partial charge in [0.1, 0.15) is 6.04 Å². The van der Waals surface area contributed by atoms with Crippen LogP contribution in [-0.2, 0) is 9.53 Å². The van der Waals surface area contributed by atoms with Crippen molar-refractivity contribution in [1.29, 1.82) is 0 Å². The smallest absolute Gasteiger partial charge is 0.323 e. The molecule has 0 bridgehead atoms. The molecule has 4 nitrogen and oxygen atoms in total. The standard InChI is InChI=1S/C14H28N2O2.C2H6/c1-5-6-9-16(4)10-12-7-8-13(15-12)14(17)18-11(2)3;1-2/h11-13,15H,5-10H2,1-4H3;1-2H3. The highest BCUT2D eigenvalue weighted by Crippen LogP contribution is 2.15. The second kappa shape index (κ2) is 11.1. The summed E-state index contributed by atoms with van der Waals surface area (Å²) in [6.45, 7) is 12.1. The van der Waals surface area contributed by atoms with Crippen molar-refractivity contribution in [1.82, 2.24) is 10.2 Å². The minimum atomic E-state index is -0.100. The Bertz CT molecular complexity index is 257. The predicted molar refractivity (Wildman–Crippen MR) is 84.9 cm³/mol. The molecule has 2 atom stereocenters. The molecular weight excluding hydrogens is 252 g/mol. The molecule has 0 aromatic rings. The number of rotatable bonds is 7. The maximum atomic E-state index is 11.8. The van der Waals surface area contributed by atoms with Gasteiger partial charge in [0.2, 0.25) is 0 Å². The summed E-state index contributed by atoms with van der Waals surface area (Å²) in [5.41, 5.74) is 0. The molecule has 20 heavy (non-hydrogen) atoms. The van der Waals surface area contributed by atoms with Gasteiger partial charge in [-0.1, -0.05) is 27.2 Å². The number of nitrogens with one attached hydrogen (secondary N) is 1. The van der Waals surface area contributed by atoms with E-state index in [1.54, 1.807) is 0 Å². The maximum absolute atomic E-state index is 11.8. The SMILES string of the molecule is CC.CCCCN(C)CC1CCC(C(=O)OC(C)C)N1. The molecule has 4 heteroatoms. The summed E-state index contributed by atoms with van der Waals surface area (Å²) in [4.78, 5) is 14.1. The Hall–Kier alpha value is -0.610.